The molecule has 3 aromatic rings. The summed E-state index contributed by atoms with van der Waals surface area (Å²) in [6.45, 7) is 1.96. The summed E-state index contributed by atoms with van der Waals surface area (Å²) in [5.41, 5.74) is 3.29. The number of benzene rings is 1. The molecular formula is C18H19N3OS. The number of amides is 1. The molecule has 1 amide bonds. The highest BCUT2D eigenvalue weighted by Gasteiger charge is 2.19. The van der Waals surface area contributed by atoms with Crippen molar-refractivity contribution in [1.82, 2.24) is 15.3 Å². The Morgan fingerprint density at radius 3 is 2.96 bits per heavy atom. The second-order valence-electron chi connectivity index (χ2n) is 6.10. The highest BCUT2D eigenvalue weighted by molar-refractivity contribution is 7.14. The van der Waals surface area contributed by atoms with E-state index in [9.17, 15) is 4.79 Å². The molecule has 5 heteroatoms. The Balaban J connectivity index is 1.52. The van der Waals surface area contributed by atoms with Crippen LogP contribution in [0.25, 0.3) is 11.0 Å². The van der Waals surface area contributed by atoms with Gasteiger partial charge >= 0.3 is 0 Å². The molecule has 2 heterocycles. The largest absolute Gasteiger partial charge is 0.342 e. The third kappa shape index (κ3) is 2.77. The van der Waals surface area contributed by atoms with Gasteiger partial charge in [-0.1, -0.05) is 12.1 Å². The summed E-state index contributed by atoms with van der Waals surface area (Å²) < 4.78 is 0. The Bertz CT molecular complexity index is 808. The van der Waals surface area contributed by atoms with Crippen LogP contribution in [0.1, 0.15) is 51.7 Å². The first-order chi connectivity index (χ1) is 11.2. The first-order valence-electron chi connectivity index (χ1n) is 8.08. The quantitative estimate of drug-likeness (QED) is 0.765. The molecule has 0 saturated heterocycles. The lowest BCUT2D eigenvalue weighted by Gasteiger charge is -2.10. The molecule has 0 saturated carbocycles. The number of hydrogen-bond donors (Lipinski definition) is 2. The molecule has 0 aliphatic heterocycles. The van der Waals surface area contributed by atoms with Crippen molar-refractivity contribution >= 4 is 28.3 Å². The first-order valence-corrected chi connectivity index (χ1v) is 8.89. The number of fused-ring (bicyclic) bond motifs is 2. The van der Waals surface area contributed by atoms with Crippen molar-refractivity contribution in [2.75, 3.05) is 0 Å². The number of H-pyrrole nitrogens is 1. The van der Waals surface area contributed by atoms with Gasteiger partial charge < -0.3 is 10.3 Å². The monoisotopic (exact) mass is 325 g/mol. The lowest BCUT2D eigenvalue weighted by molar-refractivity contribution is 0.0942. The van der Waals surface area contributed by atoms with Crippen molar-refractivity contribution < 1.29 is 4.79 Å². The fourth-order valence-corrected chi connectivity index (χ4v) is 4.27. The van der Waals surface area contributed by atoms with Crippen LogP contribution < -0.4 is 5.32 Å². The van der Waals surface area contributed by atoms with Gasteiger partial charge in [-0.05, 0) is 56.4 Å². The van der Waals surface area contributed by atoms with E-state index in [4.69, 9.17) is 0 Å². The zero-order valence-corrected chi connectivity index (χ0v) is 13.9. The number of hydrogen-bond acceptors (Lipinski definition) is 3. The molecule has 4 nitrogen and oxygen atoms in total. The smallest absolute Gasteiger partial charge is 0.261 e. The van der Waals surface area contributed by atoms with E-state index >= 15 is 0 Å². The molecule has 118 valence electrons. The average Bonchev–Trinajstić information content (AvgIpc) is 3.18. The number of nitrogens with one attached hydrogen (secondary N) is 2. The lowest BCUT2D eigenvalue weighted by Crippen LogP contribution is -2.26. The van der Waals surface area contributed by atoms with Crippen molar-refractivity contribution in [2.45, 2.75) is 38.6 Å². The van der Waals surface area contributed by atoms with E-state index in [-0.39, 0.29) is 11.9 Å². The van der Waals surface area contributed by atoms with Gasteiger partial charge in [-0.25, -0.2) is 4.98 Å². The van der Waals surface area contributed by atoms with Gasteiger partial charge in [-0.15, -0.1) is 11.3 Å². The zero-order valence-electron chi connectivity index (χ0n) is 13.1. The molecule has 1 aliphatic carbocycles. The van der Waals surface area contributed by atoms with Gasteiger partial charge in [-0.3, -0.25) is 4.79 Å². The molecule has 1 aromatic carbocycles. The summed E-state index contributed by atoms with van der Waals surface area (Å²) in [6, 6.07) is 9.83. The number of para-hydroxylation sites is 2. The maximum Gasteiger partial charge on any atom is 0.261 e. The second-order valence-corrected chi connectivity index (χ2v) is 7.24. The number of thiophene rings is 1. The topological polar surface area (TPSA) is 57.8 Å². The van der Waals surface area contributed by atoms with Crippen LogP contribution in [-0.4, -0.2) is 15.9 Å². The number of carbonyl (C=O) groups is 1. The third-order valence-corrected chi connectivity index (χ3v) is 5.62. The van der Waals surface area contributed by atoms with Gasteiger partial charge in [0.05, 0.1) is 22.0 Å². The molecule has 0 fully saturated rings. The van der Waals surface area contributed by atoms with Crippen LogP contribution in [0, 0.1) is 0 Å². The number of aromatic amines is 1. The van der Waals surface area contributed by atoms with Crippen molar-refractivity contribution in [3.63, 3.8) is 0 Å². The minimum Gasteiger partial charge on any atom is -0.342 e. The second kappa shape index (κ2) is 5.81. The predicted octanol–water partition coefficient (Wildman–Crippen LogP) is 3.99. The Labute approximate surface area is 138 Å². The molecular weight excluding hydrogens is 306 g/mol. The van der Waals surface area contributed by atoms with Crippen molar-refractivity contribution in [3.8, 4) is 0 Å². The minimum atomic E-state index is -0.144. The number of imidazole rings is 1. The number of carbonyl (C=O) groups excluding carboxylic acids is 1. The highest BCUT2D eigenvalue weighted by atomic mass is 32.1. The number of rotatable bonds is 3. The number of aromatic nitrogens is 2. The maximum atomic E-state index is 12.5. The molecule has 0 bridgehead atoms. The molecule has 0 radical (unpaired) electrons. The Morgan fingerprint density at radius 2 is 2.13 bits per heavy atom. The lowest BCUT2D eigenvalue weighted by atomic mass is 9.99. The Morgan fingerprint density at radius 1 is 1.30 bits per heavy atom. The highest BCUT2D eigenvalue weighted by Crippen LogP contribution is 2.30. The van der Waals surface area contributed by atoms with E-state index in [1.54, 1.807) is 11.3 Å². The van der Waals surface area contributed by atoms with Gasteiger partial charge in [0.15, 0.2) is 0 Å². The van der Waals surface area contributed by atoms with Gasteiger partial charge in [0.2, 0.25) is 0 Å². The average molecular weight is 325 g/mol. The maximum absolute atomic E-state index is 12.5. The normalized spacial score (nSPS) is 15.3. The summed E-state index contributed by atoms with van der Waals surface area (Å²) in [5.74, 6) is 0.790. The van der Waals surface area contributed by atoms with Crippen LogP contribution >= 0.6 is 11.3 Å². The Hall–Kier alpha value is -2.14. The summed E-state index contributed by atoms with van der Waals surface area (Å²) in [4.78, 5) is 22.6. The van der Waals surface area contributed by atoms with E-state index in [1.807, 2.05) is 31.2 Å². The van der Waals surface area contributed by atoms with Gasteiger partial charge in [-0.2, -0.15) is 0 Å². The van der Waals surface area contributed by atoms with Crippen molar-refractivity contribution in [2.24, 2.45) is 0 Å². The summed E-state index contributed by atoms with van der Waals surface area (Å²) >= 11 is 1.64. The molecule has 1 aliphatic rings. The SMILES string of the molecule is CC(NC(=O)c1cc2c(s1)CCCC2)c1nc2ccccc2[nH]1. The summed E-state index contributed by atoms with van der Waals surface area (Å²) in [6.07, 6.45) is 4.70. The summed E-state index contributed by atoms with van der Waals surface area (Å²) in [5, 5.41) is 3.06. The molecule has 0 spiro atoms. The fraction of sp³-hybridized carbons (Fsp3) is 0.333. The predicted molar refractivity (Wildman–Crippen MR) is 92.9 cm³/mol. The van der Waals surface area contributed by atoms with Gasteiger partial charge in [0.25, 0.3) is 5.91 Å². The standard InChI is InChI=1S/C18H19N3OS/c1-11(17-20-13-7-3-4-8-14(13)21-17)19-18(22)16-10-12-6-2-5-9-15(12)23-16/h3-4,7-8,10-11H,2,5-6,9H2,1H3,(H,19,22)(H,20,21). The van der Waals surface area contributed by atoms with Crippen LogP contribution in [0.4, 0.5) is 0 Å². The van der Waals surface area contributed by atoms with Crippen LogP contribution in [-0.2, 0) is 12.8 Å². The van der Waals surface area contributed by atoms with Crippen molar-refractivity contribution in [3.05, 3.63) is 51.5 Å². The van der Waals surface area contributed by atoms with Gasteiger partial charge in [0, 0.05) is 4.88 Å². The molecule has 2 N–H and O–H groups in total. The zero-order chi connectivity index (χ0) is 15.8. The summed E-state index contributed by atoms with van der Waals surface area (Å²) in [7, 11) is 0. The van der Waals surface area contributed by atoms with E-state index in [0.717, 1.165) is 34.6 Å². The molecule has 1 atom stereocenters. The van der Waals surface area contributed by atoms with Crippen LogP contribution in [0.5, 0.6) is 0 Å². The third-order valence-electron chi connectivity index (χ3n) is 4.39. The first kappa shape index (κ1) is 14.5. The van der Waals surface area contributed by atoms with Crippen LogP contribution in [0.2, 0.25) is 0 Å². The number of aryl methyl sites for hydroxylation is 2. The van der Waals surface area contributed by atoms with E-state index in [2.05, 4.69) is 21.4 Å². The fourth-order valence-electron chi connectivity index (χ4n) is 3.12. The molecule has 23 heavy (non-hydrogen) atoms. The molecule has 4 rings (SSSR count). The van der Waals surface area contributed by atoms with Gasteiger partial charge in [0.1, 0.15) is 5.82 Å². The molecule has 2 aromatic heterocycles. The molecule has 1 unspecified atom stereocenters. The van der Waals surface area contributed by atoms with Crippen molar-refractivity contribution in [1.29, 1.82) is 0 Å². The minimum absolute atomic E-state index is 0.00245. The van der Waals surface area contributed by atoms with E-state index in [1.165, 1.54) is 23.3 Å². The van der Waals surface area contributed by atoms with E-state index < -0.39 is 0 Å². The van der Waals surface area contributed by atoms with Crippen LogP contribution in [0.15, 0.2) is 30.3 Å². The van der Waals surface area contributed by atoms with Crippen LogP contribution in [0.3, 0.4) is 0 Å². The Kier molecular flexibility index (Phi) is 3.65. The van der Waals surface area contributed by atoms with E-state index in [0.29, 0.717) is 0 Å². The number of nitrogens with zero attached hydrogens (tertiary/aromatic N) is 1.